The van der Waals surface area contributed by atoms with Gasteiger partial charge in [0.2, 0.25) is 0 Å². The molecule has 0 heterocycles. The number of rotatable bonds is 14. The van der Waals surface area contributed by atoms with Gasteiger partial charge in [0.05, 0.1) is 16.7 Å². The van der Waals surface area contributed by atoms with E-state index in [9.17, 15) is 13.5 Å². The van der Waals surface area contributed by atoms with Crippen LogP contribution >= 0.6 is 0 Å². The van der Waals surface area contributed by atoms with Crippen LogP contribution in [0.3, 0.4) is 0 Å². The van der Waals surface area contributed by atoms with Crippen LogP contribution < -0.4 is 9.84 Å². The number of aliphatic hydroxyl groups excluding tert-OH is 1. The van der Waals surface area contributed by atoms with Crippen LogP contribution in [-0.2, 0) is 42.7 Å². The molecule has 1 atom stereocenters. The van der Waals surface area contributed by atoms with Crippen LogP contribution in [0.25, 0.3) is 0 Å². The van der Waals surface area contributed by atoms with Crippen molar-refractivity contribution in [2.24, 2.45) is 0 Å². The molecule has 0 saturated heterocycles. The van der Waals surface area contributed by atoms with Crippen molar-refractivity contribution in [2.75, 3.05) is 11.0 Å². The zero-order chi connectivity index (χ0) is 21.8. The third-order valence-electron chi connectivity index (χ3n) is 5.06. The van der Waals surface area contributed by atoms with Crippen LogP contribution in [0.2, 0.25) is 0 Å². The Morgan fingerprint density at radius 2 is 1.65 bits per heavy atom. The van der Waals surface area contributed by atoms with Crippen LogP contribution in [0.4, 0.5) is 5.69 Å². The van der Waals surface area contributed by atoms with Gasteiger partial charge in [0.1, 0.15) is 0 Å². The average molecular weight is 521 g/mol. The number of aliphatic hydroxyl groups is 1. The number of hydrogen-bond acceptors (Lipinski definition) is 4. The van der Waals surface area contributed by atoms with Gasteiger partial charge in [0.25, 0.3) is 10.0 Å². The molecular weight excluding hydrogens is 485 g/mol. The Bertz CT molecular complexity index is 830. The summed E-state index contributed by atoms with van der Waals surface area (Å²) in [5.74, 6) is 0. The van der Waals surface area contributed by atoms with Crippen molar-refractivity contribution < 1.29 is 46.2 Å². The molecule has 0 saturated carbocycles. The molecular formula is C24H35N2O3SY-. The first-order chi connectivity index (χ1) is 14.5. The van der Waals surface area contributed by atoms with E-state index in [1.807, 2.05) is 12.1 Å². The molecule has 0 aromatic heterocycles. The fourth-order valence-corrected chi connectivity index (χ4v) is 4.63. The molecule has 1 radical (unpaired) electrons. The van der Waals surface area contributed by atoms with Gasteiger partial charge < -0.3 is 12.0 Å². The van der Waals surface area contributed by atoms with Crippen LogP contribution in [0, 0.1) is 6.92 Å². The Morgan fingerprint density at radius 1 is 0.968 bits per heavy atom. The fraction of sp³-hybridized carbons (Fsp3) is 0.458. The summed E-state index contributed by atoms with van der Waals surface area (Å²) < 4.78 is 27.7. The van der Waals surface area contributed by atoms with Gasteiger partial charge in [-0.25, -0.2) is 5.43 Å². The molecule has 31 heavy (non-hydrogen) atoms. The topological polar surface area (TPSA) is 69.6 Å². The minimum Gasteiger partial charge on any atom is -0.388 e. The number of hydrazine groups is 1. The van der Waals surface area contributed by atoms with Gasteiger partial charge in [-0.05, 0) is 42.7 Å². The molecule has 0 bridgehead atoms. The van der Waals surface area contributed by atoms with Gasteiger partial charge in [-0.2, -0.15) is 19.3 Å². The SMILES string of the molecule is [CH2-]CCCCCNN(c1ccc(C(O)CCCCC)cc1)S(=O)(=O)c1ccccc1.[Y]. The summed E-state index contributed by atoms with van der Waals surface area (Å²) in [5.41, 5.74) is 4.42. The van der Waals surface area contributed by atoms with Crippen molar-refractivity contribution in [3.8, 4) is 0 Å². The van der Waals surface area contributed by atoms with Crippen LogP contribution in [0.5, 0.6) is 0 Å². The van der Waals surface area contributed by atoms with Crippen molar-refractivity contribution in [3.05, 3.63) is 67.1 Å². The number of hydrogen-bond donors (Lipinski definition) is 2. The minimum absolute atomic E-state index is 0. The molecule has 2 N–H and O–H groups in total. The number of benzene rings is 2. The van der Waals surface area contributed by atoms with Gasteiger partial charge in [-0.1, -0.05) is 69.4 Å². The van der Waals surface area contributed by atoms with Crippen molar-refractivity contribution in [1.82, 2.24) is 5.43 Å². The predicted octanol–water partition coefficient (Wildman–Crippen LogP) is 5.39. The monoisotopic (exact) mass is 520 g/mol. The van der Waals surface area contributed by atoms with Crippen LogP contribution in [-0.4, -0.2) is 20.1 Å². The molecule has 2 aromatic carbocycles. The van der Waals surface area contributed by atoms with E-state index in [0.717, 1.165) is 50.5 Å². The number of nitrogens with one attached hydrogen (secondary N) is 1. The summed E-state index contributed by atoms with van der Waals surface area (Å²) in [6.07, 6.45) is 7.14. The van der Waals surface area contributed by atoms with E-state index < -0.39 is 16.1 Å². The number of unbranched alkanes of at least 4 members (excludes halogenated alkanes) is 5. The summed E-state index contributed by atoms with van der Waals surface area (Å²) in [5, 5.41) is 10.4. The van der Waals surface area contributed by atoms with E-state index in [-0.39, 0.29) is 37.6 Å². The Morgan fingerprint density at radius 3 is 2.26 bits per heavy atom. The third-order valence-corrected chi connectivity index (χ3v) is 6.75. The smallest absolute Gasteiger partial charge is 0.277 e. The first kappa shape index (κ1) is 28.2. The number of anilines is 1. The van der Waals surface area contributed by atoms with Crippen molar-refractivity contribution in [2.45, 2.75) is 69.3 Å². The third kappa shape index (κ3) is 8.93. The maximum atomic E-state index is 13.2. The van der Waals surface area contributed by atoms with E-state index in [0.29, 0.717) is 18.7 Å². The van der Waals surface area contributed by atoms with Crippen molar-refractivity contribution in [1.29, 1.82) is 0 Å². The summed E-state index contributed by atoms with van der Waals surface area (Å²) in [6, 6.07) is 15.5. The van der Waals surface area contributed by atoms with E-state index in [1.54, 1.807) is 42.5 Å². The molecule has 7 heteroatoms. The standard InChI is InChI=1S/C24H35N2O3S.Y/c1-3-5-7-12-20-25-26(30(28,29)23-13-10-8-11-14-23)22-18-16-21(17-19-22)24(27)15-9-6-4-2;/h8,10-11,13-14,16-19,24-25,27H,1,3-7,9,12,15,20H2,2H3;/q-1;. The Labute approximate surface area is 213 Å². The Balaban J connectivity index is 0.00000480. The van der Waals surface area contributed by atoms with E-state index >= 15 is 0 Å². The maximum absolute atomic E-state index is 13.2. The van der Waals surface area contributed by atoms with Crippen molar-refractivity contribution in [3.63, 3.8) is 0 Å². The number of nitrogens with zero attached hydrogens (tertiary/aromatic N) is 1. The normalized spacial score (nSPS) is 12.2. The van der Waals surface area contributed by atoms with Gasteiger partial charge in [-0.3, -0.25) is 0 Å². The first-order valence-electron chi connectivity index (χ1n) is 10.9. The molecule has 0 spiro atoms. The zero-order valence-corrected chi connectivity index (χ0v) is 22.2. The van der Waals surface area contributed by atoms with Crippen molar-refractivity contribution >= 4 is 15.7 Å². The maximum Gasteiger partial charge on any atom is 0.277 e. The van der Waals surface area contributed by atoms with E-state index in [4.69, 9.17) is 0 Å². The predicted molar refractivity (Wildman–Crippen MR) is 123 cm³/mol. The second-order valence-electron chi connectivity index (χ2n) is 7.51. The molecule has 1 unspecified atom stereocenters. The molecule has 0 aliphatic carbocycles. The second kappa shape index (κ2) is 15.1. The molecule has 0 fully saturated rings. The molecule has 0 aliphatic heterocycles. The van der Waals surface area contributed by atoms with Gasteiger partial charge >= 0.3 is 0 Å². The molecule has 5 nitrogen and oxygen atoms in total. The quantitative estimate of drug-likeness (QED) is 0.199. The molecule has 0 aliphatic rings. The Hall–Kier alpha value is -0.786. The van der Waals surface area contributed by atoms with Crippen LogP contribution in [0.15, 0.2) is 59.5 Å². The number of sulfonamides is 1. The molecule has 0 amide bonds. The zero-order valence-electron chi connectivity index (χ0n) is 18.5. The van der Waals surface area contributed by atoms with Crippen LogP contribution in [0.1, 0.15) is 70.0 Å². The van der Waals surface area contributed by atoms with Gasteiger partial charge in [0.15, 0.2) is 0 Å². The second-order valence-corrected chi connectivity index (χ2v) is 9.29. The molecule has 2 rings (SSSR count). The Kier molecular flexibility index (Phi) is 13.8. The first-order valence-corrected chi connectivity index (χ1v) is 12.4. The van der Waals surface area contributed by atoms with Gasteiger partial charge in [-0.15, -0.1) is 0 Å². The summed E-state index contributed by atoms with van der Waals surface area (Å²) in [7, 11) is -3.75. The van der Waals surface area contributed by atoms with E-state index in [1.165, 1.54) is 4.41 Å². The minimum atomic E-state index is -3.75. The summed E-state index contributed by atoms with van der Waals surface area (Å²) in [4.78, 5) is 0.235. The summed E-state index contributed by atoms with van der Waals surface area (Å²) >= 11 is 0. The van der Waals surface area contributed by atoms with E-state index in [2.05, 4.69) is 19.3 Å². The molecule has 2 aromatic rings. The molecule has 169 valence electrons. The fourth-order valence-electron chi connectivity index (χ4n) is 3.26. The summed E-state index contributed by atoms with van der Waals surface area (Å²) in [6.45, 7) is 6.53. The largest absolute Gasteiger partial charge is 0.388 e. The van der Waals surface area contributed by atoms with Gasteiger partial charge in [0, 0.05) is 39.3 Å². The average Bonchev–Trinajstić information content (AvgIpc) is 2.77.